The molecule has 0 bridgehead atoms. The molecule has 1 aromatic carbocycles. The third-order valence-electron chi connectivity index (χ3n) is 3.41. The summed E-state index contributed by atoms with van der Waals surface area (Å²) in [5.41, 5.74) is 2.36. The van der Waals surface area contributed by atoms with Crippen LogP contribution in [0.4, 0.5) is 5.82 Å². The topological polar surface area (TPSA) is 28.2 Å². The lowest BCUT2D eigenvalue weighted by Crippen LogP contribution is -2.43. The standard InChI is InChI=1S/C14H16BrN3/c1-10-8-14(18-6-4-16-5-7-18)17-13-3-2-11(15)9-12(10)13/h2-3,8-9,16H,4-7H2,1H3. The molecular formula is C14H16BrN3. The number of nitrogens with zero attached hydrogens (tertiary/aromatic N) is 2. The number of hydrogen-bond donors (Lipinski definition) is 1. The molecule has 2 aromatic rings. The van der Waals surface area contributed by atoms with Gasteiger partial charge in [0, 0.05) is 36.0 Å². The Kier molecular flexibility index (Phi) is 3.22. The van der Waals surface area contributed by atoms with Crippen LogP contribution in [0.1, 0.15) is 5.56 Å². The summed E-state index contributed by atoms with van der Waals surface area (Å²) in [6.45, 7) is 6.31. The summed E-state index contributed by atoms with van der Waals surface area (Å²) in [4.78, 5) is 7.13. The third kappa shape index (κ3) is 2.22. The Morgan fingerprint density at radius 1 is 1.22 bits per heavy atom. The Balaban J connectivity index is 2.06. The Labute approximate surface area is 115 Å². The highest BCUT2D eigenvalue weighted by Gasteiger charge is 2.13. The molecule has 1 aliphatic heterocycles. The van der Waals surface area contributed by atoms with Gasteiger partial charge in [0.15, 0.2) is 0 Å². The van der Waals surface area contributed by atoms with Crippen molar-refractivity contribution in [2.75, 3.05) is 31.1 Å². The lowest BCUT2D eigenvalue weighted by molar-refractivity contribution is 0.585. The van der Waals surface area contributed by atoms with Gasteiger partial charge in [-0.3, -0.25) is 0 Å². The maximum atomic E-state index is 4.78. The number of rotatable bonds is 1. The van der Waals surface area contributed by atoms with Gasteiger partial charge in [-0.15, -0.1) is 0 Å². The van der Waals surface area contributed by atoms with Gasteiger partial charge in [0.05, 0.1) is 5.52 Å². The number of aromatic nitrogens is 1. The van der Waals surface area contributed by atoms with Gasteiger partial charge >= 0.3 is 0 Å². The minimum Gasteiger partial charge on any atom is -0.354 e. The van der Waals surface area contributed by atoms with Crippen LogP contribution in [-0.2, 0) is 0 Å². The minimum atomic E-state index is 1.04. The van der Waals surface area contributed by atoms with Crippen molar-refractivity contribution in [1.29, 1.82) is 0 Å². The van der Waals surface area contributed by atoms with E-state index < -0.39 is 0 Å². The van der Waals surface area contributed by atoms with Crippen molar-refractivity contribution in [2.24, 2.45) is 0 Å². The molecule has 1 N–H and O–H groups in total. The van der Waals surface area contributed by atoms with Crippen molar-refractivity contribution in [3.8, 4) is 0 Å². The van der Waals surface area contributed by atoms with E-state index in [0.717, 1.165) is 42.0 Å². The van der Waals surface area contributed by atoms with Crippen molar-refractivity contribution in [1.82, 2.24) is 10.3 Å². The van der Waals surface area contributed by atoms with Gasteiger partial charge in [-0.1, -0.05) is 15.9 Å². The smallest absolute Gasteiger partial charge is 0.129 e. The molecule has 0 amide bonds. The quantitative estimate of drug-likeness (QED) is 0.878. The van der Waals surface area contributed by atoms with Crippen LogP contribution in [0.5, 0.6) is 0 Å². The van der Waals surface area contributed by atoms with E-state index >= 15 is 0 Å². The normalized spacial score (nSPS) is 16.2. The molecule has 0 aliphatic carbocycles. The first-order valence-electron chi connectivity index (χ1n) is 6.26. The summed E-state index contributed by atoms with van der Waals surface area (Å²) in [6.07, 6.45) is 0. The Hall–Kier alpha value is -1.13. The van der Waals surface area contributed by atoms with Crippen molar-refractivity contribution in [2.45, 2.75) is 6.92 Å². The second-order valence-corrected chi connectivity index (χ2v) is 5.61. The second-order valence-electron chi connectivity index (χ2n) is 4.70. The van der Waals surface area contributed by atoms with E-state index in [2.05, 4.69) is 57.3 Å². The highest BCUT2D eigenvalue weighted by molar-refractivity contribution is 9.10. The molecule has 18 heavy (non-hydrogen) atoms. The maximum absolute atomic E-state index is 4.78. The number of pyridine rings is 1. The molecule has 0 atom stereocenters. The van der Waals surface area contributed by atoms with Crippen LogP contribution in [0.25, 0.3) is 10.9 Å². The summed E-state index contributed by atoms with van der Waals surface area (Å²) in [7, 11) is 0. The first kappa shape index (κ1) is 11.9. The molecule has 0 saturated carbocycles. The van der Waals surface area contributed by atoms with Gasteiger partial charge in [0.1, 0.15) is 5.82 Å². The second kappa shape index (κ2) is 4.86. The fraction of sp³-hybridized carbons (Fsp3) is 0.357. The number of piperazine rings is 1. The highest BCUT2D eigenvalue weighted by atomic mass is 79.9. The molecule has 2 heterocycles. The molecule has 1 saturated heterocycles. The monoisotopic (exact) mass is 305 g/mol. The van der Waals surface area contributed by atoms with Crippen LogP contribution >= 0.6 is 15.9 Å². The zero-order chi connectivity index (χ0) is 12.5. The van der Waals surface area contributed by atoms with Crippen molar-refractivity contribution in [3.63, 3.8) is 0 Å². The van der Waals surface area contributed by atoms with E-state index in [9.17, 15) is 0 Å². The maximum Gasteiger partial charge on any atom is 0.129 e. The molecule has 1 aliphatic rings. The molecular weight excluding hydrogens is 290 g/mol. The van der Waals surface area contributed by atoms with Gasteiger partial charge in [-0.05, 0) is 36.8 Å². The molecule has 94 valence electrons. The Morgan fingerprint density at radius 2 is 2.00 bits per heavy atom. The van der Waals surface area contributed by atoms with Crippen LogP contribution in [-0.4, -0.2) is 31.2 Å². The SMILES string of the molecule is Cc1cc(N2CCNCC2)nc2ccc(Br)cc12. The zero-order valence-corrected chi connectivity index (χ0v) is 12.0. The van der Waals surface area contributed by atoms with E-state index in [-0.39, 0.29) is 0 Å². The van der Waals surface area contributed by atoms with Gasteiger partial charge in [-0.2, -0.15) is 0 Å². The Morgan fingerprint density at radius 3 is 2.78 bits per heavy atom. The molecule has 0 radical (unpaired) electrons. The average Bonchev–Trinajstić information content (AvgIpc) is 2.40. The van der Waals surface area contributed by atoms with Crippen LogP contribution in [0.15, 0.2) is 28.7 Å². The molecule has 1 aromatic heterocycles. The highest BCUT2D eigenvalue weighted by Crippen LogP contribution is 2.25. The predicted octanol–water partition coefficient (Wildman–Crippen LogP) is 2.72. The van der Waals surface area contributed by atoms with Crippen molar-refractivity contribution < 1.29 is 0 Å². The molecule has 3 nitrogen and oxygen atoms in total. The van der Waals surface area contributed by atoms with E-state index in [0.29, 0.717) is 0 Å². The van der Waals surface area contributed by atoms with E-state index in [4.69, 9.17) is 4.98 Å². The van der Waals surface area contributed by atoms with Gasteiger partial charge in [0.25, 0.3) is 0 Å². The summed E-state index contributed by atoms with van der Waals surface area (Å²) in [5, 5.41) is 4.59. The van der Waals surface area contributed by atoms with Crippen LogP contribution < -0.4 is 10.2 Å². The fourth-order valence-electron chi connectivity index (χ4n) is 2.40. The van der Waals surface area contributed by atoms with Crippen LogP contribution in [0, 0.1) is 6.92 Å². The molecule has 1 fully saturated rings. The van der Waals surface area contributed by atoms with Crippen LogP contribution in [0.3, 0.4) is 0 Å². The first-order valence-corrected chi connectivity index (χ1v) is 7.06. The summed E-state index contributed by atoms with van der Waals surface area (Å²) < 4.78 is 1.11. The first-order chi connectivity index (χ1) is 8.74. The number of benzene rings is 1. The van der Waals surface area contributed by atoms with Gasteiger partial charge in [0.2, 0.25) is 0 Å². The number of anilines is 1. The number of aryl methyl sites for hydroxylation is 1. The molecule has 3 rings (SSSR count). The fourth-order valence-corrected chi connectivity index (χ4v) is 2.77. The van der Waals surface area contributed by atoms with E-state index in [1.165, 1.54) is 10.9 Å². The number of nitrogens with one attached hydrogen (secondary N) is 1. The summed E-state index contributed by atoms with van der Waals surface area (Å²) in [5.74, 6) is 1.10. The van der Waals surface area contributed by atoms with Gasteiger partial charge < -0.3 is 10.2 Å². The summed E-state index contributed by atoms with van der Waals surface area (Å²) in [6, 6.07) is 8.47. The summed E-state index contributed by atoms with van der Waals surface area (Å²) >= 11 is 3.52. The van der Waals surface area contributed by atoms with E-state index in [1.54, 1.807) is 0 Å². The van der Waals surface area contributed by atoms with Gasteiger partial charge in [-0.25, -0.2) is 4.98 Å². The molecule has 0 unspecified atom stereocenters. The Bertz CT molecular complexity index is 577. The third-order valence-corrected chi connectivity index (χ3v) is 3.90. The van der Waals surface area contributed by atoms with E-state index in [1.807, 2.05) is 0 Å². The molecule has 0 spiro atoms. The number of fused-ring (bicyclic) bond motifs is 1. The minimum absolute atomic E-state index is 1.04. The lowest BCUT2D eigenvalue weighted by atomic mass is 10.1. The average molecular weight is 306 g/mol. The number of halogens is 1. The lowest BCUT2D eigenvalue weighted by Gasteiger charge is -2.28. The molecule has 4 heteroatoms. The van der Waals surface area contributed by atoms with Crippen molar-refractivity contribution >= 4 is 32.7 Å². The predicted molar refractivity (Wildman–Crippen MR) is 79.3 cm³/mol. The van der Waals surface area contributed by atoms with Crippen molar-refractivity contribution in [3.05, 3.63) is 34.3 Å². The van der Waals surface area contributed by atoms with Crippen LogP contribution in [0.2, 0.25) is 0 Å². The largest absolute Gasteiger partial charge is 0.354 e. The number of hydrogen-bond acceptors (Lipinski definition) is 3. The zero-order valence-electron chi connectivity index (χ0n) is 10.4.